The van der Waals surface area contributed by atoms with E-state index in [1.165, 1.54) is 0 Å². The quantitative estimate of drug-likeness (QED) is 0.433. The fraction of sp³-hybridized carbons (Fsp3) is 0.360. The van der Waals surface area contributed by atoms with Gasteiger partial charge in [0, 0.05) is 36.3 Å². The van der Waals surface area contributed by atoms with Crippen molar-refractivity contribution in [1.82, 2.24) is 34.7 Å². The molecule has 1 aliphatic rings. The number of pyridine rings is 1. The third kappa shape index (κ3) is 4.09. The lowest BCUT2D eigenvalue weighted by molar-refractivity contribution is -0.120. The lowest BCUT2D eigenvalue weighted by Crippen LogP contribution is -2.30. The van der Waals surface area contributed by atoms with Gasteiger partial charge in [0.25, 0.3) is 0 Å². The zero-order valence-electron chi connectivity index (χ0n) is 19.1. The number of hydrogen-bond acceptors (Lipinski definition) is 6. The van der Waals surface area contributed by atoms with Crippen molar-refractivity contribution in [2.45, 2.75) is 58.0 Å². The van der Waals surface area contributed by atoms with Gasteiger partial charge in [-0.3, -0.25) is 18.9 Å². The molecule has 3 heterocycles. The van der Waals surface area contributed by atoms with Crippen LogP contribution in [0.3, 0.4) is 0 Å². The summed E-state index contributed by atoms with van der Waals surface area (Å²) in [6.07, 6.45) is 10.3. The van der Waals surface area contributed by atoms with E-state index in [1.807, 2.05) is 36.5 Å². The van der Waals surface area contributed by atoms with Gasteiger partial charge < -0.3 is 0 Å². The molecule has 3 aromatic heterocycles. The number of rotatable bonds is 8. The van der Waals surface area contributed by atoms with E-state index in [4.69, 9.17) is 0 Å². The first-order chi connectivity index (χ1) is 16.7. The highest BCUT2D eigenvalue weighted by atomic mass is 16.2. The molecule has 1 saturated carbocycles. The number of imidazole rings is 1. The summed E-state index contributed by atoms with van der Waals surface area (Å²) in [4.78, 5) is 30.3. The Hall–Kier alpha value is -3.88. The van der Waals surface area contributed by atoms with Crippen LogP contribution in [0.2, 0.25) is 0 Å². The maximum absolute atomic E-state index is 13.5. The minimum atomic E-state index is -0.346. The Labute approximate surface area is 196 Å². The van der Waals surface area contributed by atoms with Gasteiger partial charge >= 0.3 is 5.69 Å². The van der Waals surface area contributed by atoms with Gasteiger partial charge in [0.2, 0.25) is 5.82 Å². The first-order valence-electron chi connectivity index (χ1n) is 11.8. The number of aromatic nitrogens is 7. The Bertz CT molecular complexity index is 1350. The van der Waals surface area contributed by atoms with Crippen molar-refractivity contribution in [1.29, 1.82) is 0 Å². The summed E-state index contributed by atoms with van der Waals surface area (Å²) >= 11 is 0. The smallest absolute Gasteiger partial charge is 0.297 e. The lowest BCUT2D eigenvalue weighted by Gasteiger charge is -2.14. The van der Waals surface area contributed by atoms with Gasteiger partial charge in [-0.1, -0.05) is 37.6 Å². The molecular weight excluding hydrogens is 430 g/mol. The first-order valence-corrected chi connectivity index (χ1v) is 11.8. The maximum atomic E-state index is 13.5. The molecule has 5 rings (SSSR count). The molecule has 4 aromatic rings. The summed E-state index contributed by atoms with van der Waals surface area (Å²) in [7, 11) is 0. The molecule has 0 radical (unpaired) electrons. The second-order valence-corrected chi connectivity index (χ2v) is 8.69. The highest BCUT2D eigenvalue weighted by Gasteiger charge is 2.29. The molecule has 1 fully saturated rings. The molecule has 174 valence electrons. The fourth-order valence-electron chi connectivity index (χ4n) is 4.76. The van der Waals surface area contributed by atoms with Crippen LogP contribution in [0.25, 0.3) is 22.5 Å². The molecule has 0 bridgehead atoms. The average molecular weight is 458 g/mol. The highest BCUT2D eigenvalue weighted by Crippen LogP contribution is 2.32. The highest BCUT2D eigenvalue weighted by molar-refractivity contribution is 5.84. The van der Waals surface area contributed by atoms with Crippen molar-refractivity contribution < 1.29 is 4.79 Å². The van der Waals surface area contributed by atoms with Crippen molar-refractivity contribution in [3.8, 4) is 22.5 Å². The molecule has 1 aromatic carbocycles. The molecule has 1 N–H and O–H groups in total. The molecule has 1 unspecified atom stereocenters. The van der Waals surface area contributed by atoms with Gasteiger partial charge in [0.1, 0.15) is 0 Å². The van der Waals surface area contributed by atoms with Crippen molar-refractivity contribution >= 4 is 5.78 Å². The predicted molar refractivity (Wildman–Crippen MR) is 127 cm³/mol. The number of carbonyl (C=O) groups excluding carboxylic acids is 1. The normalized spacial score (nSPS) is 15.8. The van der Waals surface area contributed by atoms with Gasteiger partial charge in [0.15, 0.2) is 5.78 Å². The van der Waals surface area contributed by atoms with E-state index in [1.54, 1.807) is 21.5 Å². The third-order valence-electron chi connectivity index (χ3n) is 6.52. The summed E-state index contributed by atoms with van der Waals surface area (Å²) < 4.78 is 3.46. The van der Waals surface area contributed by atoms with Crippen LogP contribution in [0.15, 0.2) is 53.7 Å². The van der Waals surface area contributed by atoms with E-state index in [2.05, 4.69) is 32.5 Å². The second kappa shape index (κ2) is 9.54. The minimum Gasteiger partial charge on any atom is -0.297 e. The molecule has 1 aliphatic carbocycles. The van der Waals surface area contributed by atoms with E-state index >= 15 is 0 Å². The largest absolute Gasteiger partial charge is 0.329 e. The number of nitrogens with zero attached hydrogens (tertiary/aromatic N) is 6. The summed E-state index contributed by atoms with van der Waals surface area (Å²) in [5, 5.41) is 14.5. The van der Waals surface area contributed by atoms with Crippen LogP contribution < -0.4 is 5.69 Å². The topological polar surface area (TPSA) is 111 Å². The first kappa shape index (κ1) is 21.9. The Kier molecular flexibility index (Phi) is 6.16. The average Bonchev–Trinajstić information content (AvgIpc) is 3.60. The molecule has 1 atom stereocenters. The van der Waals surface area contributed by atoms with Crippen molar-refractivity contribution in [2.24, 2.45) is 0 Å². The van der Waals surface area contributed by atoms with E-state index in [0.29, 0.717) is 18.8 Å². The van der Waals surface area contributed by atoms with Gasteiger partial charge in [-0.2, -0.15) is 5.21 Å². The molecule has 9 nitrogen and oxygen atoms in total. The van der Waals surface area contributed by atoms with Crippen LogP contribution in [0.4, 0.5) is 0 Å². The number of aromatic amines is 1. The zero-order valence-corrected chi connectivity index (χ0v) is 19.1. The summed E-state index contributed by atoms with van der Waals surface area (Å²) in [5.74, 6) is 0.655. The van der Waals surface area contributed by atoms with Crippen LogP contribution in [0.5, 0.6) is 0 Å². The van der Waals surface area contributed by atoms with Crippen molar-refractivity contribution in [3.05, 3.63) is 70.7 Å². The van der Waals surface area contributed by atoms with Gasteiger partial charge in [-0.15, -0.1) is 10.2 Å². The summed E-state index contributed by atoms with van der Waals surface area (Å²) in [6.45, 7) is 2.50. The van der Waals surface area contributed by atoms with Gasteiger partial charge in [-0.05, 0) is 53.7 Å². The number of carbonyl (C=O) groups is 1. The number of tetrazole rings is 1. The zero-order chi connectivity index (χ0) is 23.5. The van der Waals surface area contributed by atoms with Gasteiger partial charge in [-0.25, -0.2) is 4.79 Å². The molecule has 9 heteroatoms. The number of aryl methyl sites for hydroxylation is 1. The number of Topliss-reactive ketones (excluding diaryl/α,β-unsaturated/α-hetero) is 1. The number of hydrogen-bond donors (Lipinski definition) is 1. The maximum Gasteiger partial charge on any atom is 0.329 e. The van der Waals surface area contributed by atoms with Crippen LogP contribution in [0.1, 0.15) is 56.3 Å². The standard InChI is InChI=1S/C25H27N7O2/c1-2-3-7-18-16-32(22-10-6-11-23(22)33)25(34)31(18)15-17-14-26-13-12-19(17)20-8-4-5-9-21(20)24-27-29-30-28-24/h4-5,8-9,12-14,16,22H,2-3,6-7,10-11,15H2,1H3,(H,27,28,29,30). The Morgan fingerprint density at radius 3 is 2.71 bits per heavy atom. The number of nitrogens with one attached hydrogen (secondary N) is 1. The Balaban J connectivity index is 1.58. The summed E-state index contributed by atoms with van der Waals surface area (Å²) in [5.41, 5.74) is 4.47. The minimum absolute atomic E-state index is 0.132. The van der Waals surface area contributed by atoms with Crippen LogP contribution in [-0.4, -0.2) is 40.5 Å². The Morgan fingerprint density at radius 2 is 1.97 bits per heavy atom. The second-order valence-electron chi connectivity index (χ2n) is 8.69. The van der Waals surface area contributed by atoms with Crippen LogP contribution >= 0.6 is 0 Å². The summed E-state index contributed by atoms with van der Waals surface area (Å²) in [6, 6.07) is 9.45. The predicted octanol–water partition coefficient (Wildman–Crippen LogP) is 3.58. The molecule has 0 saturated heterocycles. The molecule has 0 aliphatic heterocycles. The monoisotopic (exact) mass is 457 g/mol. The Morgan fingerprint density at radius 1 is 1.12 bits per heavy atom. The number of benzene rings is 1. The molecular formula is C25H27N7O2. The van der Waals surface area contributed by atoms with Crippen LogP contribution in [-0.2, 0) is 17.8 Å². The fourth-order valence-corrected chi connectivity index (χ4v) is 4.76. The van der Waals surface area contributed by atoms with E-state index in [0.717, 1.165) is 60.1 Å². The lowest BCUT2D eigenvalue weighted by atomic mass is 9.96. The van der Waals surface area contributed by atoms with Crippen LogP contribution in [0, 0.1) is 0 Å². The van der Waals surface area contributed by atoms with Crippen molar-refractivity contribution in [3.63, 3.8) is 0 Å². The molecule has 0 amide bonds. The van der Waals surface area contributed by atoms with Crippen molar-refractivity contribution in [2.75, 3.05) is 0 Å². The van der Waals surface area contributed by atoms with E-state index < -0.39 is 0 Å². The number of ketones is 1. The van der Waals surface area contributed by atoms with E-state index in [-0.39, 0.29) is 17.5 Å². The SMILES string of the molecule is CCCCc1cn(C2CCCC2=O)c(=O)n1Cc1cnccc1-c1ccccc1-c1nn[nH]n1. The van der Waals surface area contributed by atoms with E-state index in [9.17, 15) is 9.59 Å². The number of H-pyrrole nitrogens is 1. The number of unbranched alkanes of at least 4 members (excludes halogenated alkanes) is 1. The molecule has 0 spiro atoms. The molecule has 34 heavy (non-hydrogen) atoms. The third-order valence-corrected chi connectivity index (χ3v) is 6.52. The van der Waals surface area contributed by atoms with Gasteiger partial charge in [0.05, 0.1) is 12.6 Å².